The molecule has 5 rings (SSSR count). The number of aryl methyl sites for hydroxylation is 1. The Hall–Kier alpha value is -4.10. The Balaban J connectivity index is 1.35. The van der Waals surface area contributed by atoms with E-state index < -0.39 is 0 Å². The lowest BCUT2D eigenvalue weighted by Gasteiger charge is -2.36. The fourth-order valence-electron chi connectivity index (χ4n) is 6.67. The number of para-hydroxylation sites is 1. The summed E-state index contributed by atoms with van der Waals surface area (Å²) in [7, 11) is 0. The molecule has 0 unspecified atom stereocenters. The predicted molar refractivity (Wildman–Crippen MR) is 177 cm³/mol. The van der Waals surface area contributed by atoms with Crippen LogP contribution < -0.4 is 0 Å². The van der Waals surface area contributed by atoms with Crippen LogP contribution in [0.25, 0.3) is 0 Å². The zero-order chi connectivity index (χ0) is 28.8. The van der Waals surface area contributed by atoms with Crippen LogP contribution in [0.3, 0.4) is 0 Å². The number of unbranched alkanes of at least 4 members (excludes halogenated alkanes) is 5. The molecule has 0 spiro atoms. The van der Waals surface area contributed by atoms with Crippen molar-refractivity contribution in [2.75, 3.05) is 0 Å². The van der Waals surface area contributed by atoms with E-state index in [-0.39, 0.29) is 0 Å². The quantitative estimate of drug-likeness (QED) is 0.128. The molecule has 5 aromatic rings. The summed E-state index contributed by atoms with van der Waals surface area (Å²) in [6, 6.07) is 52.4. The van der Waals surface area contributed by atoms with Crippen molar-refractivity contribution in [3.63, 3.8) is 0 Å². The van der Waals surface area contributed by atoms with Crippen molar-refractivity contribution < 1.29 is 5.11 Å². The van der Waals surface area contributed by atoms with Crippen molar-refractivity contribution in [3.8, 4) is 5.75 Å². The lowest BCUT2D eigenvalue weighted by atomic mass is 9.68. The summed E-state index contributed by atoms with van der Waals surface area (Å²) in [6.07, 6.45) is 9.45. The van der Waals surface area contributed by atoms with Gasteiger partial charge in [-0.1, -0.05) is 172 Å². The number of hydrogen-bond donors (Lipinski definition) is 1. The Labute approximate surface area is 252 Å². The van der Waals surface area contributed by atoms with E-state index in [4.69, 9.17) is 0 Å². The normalized spacial score (nSPS) is 11.4. The maximum absolute atomic E-state index is 10.1. The summed E-state index contributed by atoms with van der Waals surface area (Å²) in [5.74, 6) is 1.45. The summed E-state index contributed by atoms with van der Waals surface area (Å²) in [5, 5.41) is 10.1. The predicted octanol–water partition coefficient (Wildman–Crippen LogP) is 10.9. The third kappa shape index (κ3) is 8.01. The van der Waals surface area contributed by atoms with E-state index in [1.807, 2.05) is 18.2 Å². The van der Waals surface area contributed by atoms with E-state index >= 15 is 0 Å². The number of benzene rings is 5. The molecule has 42 heavy (non-hydrogen) atoms. The highest BCUT2D eigenvalue weighted by Gasteiger charge is 2.33. The van der Waals surface area contributed by atoms with E-state index in [9.17, 15) is 5.11 Å². The molecule has 5 aromatic carbocycles. The summed E-state index contributed by atoms with van der Waals surface area (Å²) in [5.41, 5.74) is 6.66. The van der Waals surface area contributed by atoms with E-state index in [2.05, 4.69) is 121 Å². The smallest absolute Gasteiger partial charge is 0.118 e. The highest BCUT2D eigenvalue weighted by molar-refractivity contribution is 5.40. The van der Waals surface area contributed by atoms with Crippen LogP contribution in [0.5, 0.6) is 5.75 Å². The number of rotatable bonds is 15. The van der Waals surface area contributed by atoms with Crippen LogP contribution in [0.15, 0.2) is 146 Å². The first-order valence-electron chi connectivity index (χ1n) is 15.8. The third-order valence-electron chi connectivity index (χ3n) is 8.72. The molecule has 0 aliphatic rings. The molecule has 0 amide bonds. The minimum absolute atomic E-state index is 0.302. The molecule has 0 aliphatic heterocycles. The van der Waals surface area contributed by atoms with Crippen LogP contribution in [0.4, 0.5) is 0 Å². The van der Waals surface area contributed by atoms with Crippen LogP contribution >= 0.6 is 0 Å². The van der Waals surface area contributed by atoms with Gasteiger partial charge in [0.05, 0.1) is 0 Å². The Morgan fingerprint density at radius 2 is 0.738 bits per heavy atom. The fourth-order valence-corrected chi connectivity index (χ4v) is 6.67. The highest BCUT2D eigenvalue weighted by atomic mass is 16.3. The van der Waals surface area contributed by atoms with Gasteiger partial charge >= 0.3 is 0 Å². The van der Waals surface area contributed by atoms with Gasteiger partial charge in [0.15, 0.2) is 0 Å². The monoisotopic (exact) mass is 552 g/mol. The van der Waals surface area contributed by atoms with Gasteiger partial charge in [-0.05, 0) is 59.1 Å². The standard InChI is InChI=1S/C41H44O/c42-39-32-20-19-22-33(39)21-9-3-1-2-4-18-31-38(40(34-23-10-5-11-24-34)35-25-12-6-13-26-35)41(36-27-14-7-15-28-36)37-29-16-8-17-30-37/h5-8,10-17,19-20,22-30,32,38,40-42H,1-4,9,18,21,31H2. The van der Waals surface area contributed by atoms with Crippen molar-refractivity contribution >= 4 is 0 Å². The largest absolute Gasteiger partial charge is 0.508 e. The molecule has 1 nitrogen and oxygen atoms in total. The molecule has 1 N–H and O–H groups in total. The maximum Gasteiger partial charge on any atom is 0.118 e. The summed E-state index contributed by atoms with van der Waals surface area (Å²) >= 11 is 0. The van der Waals surface area contributed by atoms with Crippen LogP contribution in [0.1, 0.15) is 84.6 Å². The molecule has 0 fully saturated rings. The van der Waals surface area contributed by atoms with Crippen LogP contribution in [0.2, 0.25) is 0 Å². The Kier molecular flexibility index (Phi) is 11.0. The first-order valence-corrected chi connectivity index (χ1v) is 15.8. The fraction of sp³-hybridized carbons (Fsp3) is 0.268. The van der Waals surface area contributed by atoms with Gasteiger partial charge in [-0.15, -0.1) is 0 Å². The van der Waals surface area contributed by atoms with E-state index in [1.54, 1.807) is 6.07 Å². The molecule has 0 bridgehead atoms. The SMILES string of the molecule is Oc1ccccc1CCCCCCCCC(C(c1ccccc1)c1ccccc1)C(c1ccccc1)c1ccccc1. The number of phenols is 1. The minimum atomic E-state index is 0.302. The molecule has 0 atom stereocenters. The Morgan fingerprint density at radius 3 is 1.17 bits per heavy atom. The average Bonchev–Trinajstić information content (AvgIpc) is 3.05. The second-order valence-corrected chi connectivity index (χ2v) is 11.6. The minimum Gasteiger partial charge on any atom is -0.508 e. The molecule has 0 heterocycles. The van der Waals surface area contributed by atoms with Crippen molar-refractivity contribution in [3.05, 3.63) is 173 Å². The molecule has 0 aliphatic carbocycles. The number of phenolic OH excluding ortho intramolecular Hbond substituents is 1. The van der Waals surface area contributed by atoms with E-state index in [0.29, 0.717) is 23.5 Å². The van der Waals surface area contributed by atoms with Crippen LogP contribution in [-0.4, -0.2) is 5.11 Å². The van der Waals surface area contributed by atoms with Crippen molar-refractivity contribution in [1.29, 1.82) is 0 Å². The maximum atomic E-state index is 10.1. The second-order valence-electron chi connectivity index (χ2n) is 11.6. The number of hydrogen-bond acceptors (Lipinski definition) is 1. The van der Waals surface area contributed by atoms with Gasteiger partial charge in [-0.25, -0.2) is 0 Å². The topological polar surface area (TPSA) is 20.2 Å². The van der Waals surface area contributed by atoms with Crippen molar-refractivity contribution in [2.24, 2.45) is 5.92 Å². The van der Waals surface area contributed by atoms with Crippen molar-refractivity contribution in [1.82, 2.24) is 0 Å². The summed E-state index contributed by atoms with van der Waals surface area (Å²) in [4.78, 5) is 0. The highest BCUT2D eigenvalue weighted by Crippen LogP contribution is 2.46. The van der Waals surface area contributed by atoms with Crippen LogP contribution in [0, 0.1) is 5.92 Å². The van der Waals surface area contributed by atoms with Gasteiger partial charge in [0.2, 0.25) is 0 Å². The average molecular weight is 553 g/mol. The van der Waals surface area contributed by atoms with Gasteiger partial charge in [-0.3, -0.25) is 0 Å². The van der Waals surface area contributed by atoms with Gasteiger partial charge in [0, 0.05) is 11.8 Å². The van der Waals surface area contributed by atoms with E-state index in [0.717, 1.165) is 18.4 Å². The molecular formula is C41H44O. The lowest BCUT2D eigenvalue weighted by molar-refractivity contribution is 0.370. The number of aromatic hydroxyl groups is 1. The second kappa shape index (κ2) is 15.8. The molecule has 1 heteroatoms. The lowest BCUT2D eigenvalue weighted by Crippen LogP contribution is -2.23. The van der Waals surface area contributed by atoms with Gasteiger partial charge in [0.25, 0.3) is 0 Å². The van der Waals surface area contributed by atoms with Gasteiger partial charge in [-0.2, -0.15) is 0 Å². The first-order chi connectivity index (χ1) is 20.8. The molecule has 0 saturated carbocycles. The summed E-state index contributed by atoms with van der Waals surface area (Å²) < 4.78 is 0. The Bertz CT molecular complexity index is 1270. The molecule has 0 aromatic heterocycles. The van der Waals surface area contributed by atoms with Gasteiger partial charge < -0.3 is 5.11 Å². The first kappa shape index (κ1) is 29.4. The zero-order valence-electron chi connectivity index (χ0n) is 24.7. The molecule has 214 valence electrons. The van der Waals surface area contributed by atoms with Crippen molar-refractivity contribution in [2.45, 2.75) is 63.2 Å². The van der Waals surface area contributed by atoms with E-state index in [1.165, 1.54) is 60.8 Å². The van der Waals surface area contributed by atoms with Gasteiger partial charge in [0.1, 0.15) is 5.75 Å². The molecule has 0 radical (unpaired) electrons. The molecular weight excluding hydrogens is 508 g/mol. The molecule has 0 saturated heterocycles. The Morgan fingerprint density at radius 1 is 0.381 bits per heavy atom. The summed E-state index contributed by atoms with van der Waals surface area (Å²) in [6.45, 7) is 0. The third-order valence-corrected chi connectivity index (χ3v) is 8.72. The van der Waals surface area contributed by atoms with Crippen LogP contribution in [-0.2, 0) is 6.42 Å². The zero-order valence-corrected chi connectivity index (χ0v) is 24.7.